The molecule has 0 atom stereocenters. The third-order valence-corrected chi connectivity index (χ3v) is 4.26. The second kappa shape index (κ2) is 8.61. The van der Waals surface area contributed by atoms with Crippen molar-refractivity contribution in [2.75, 3.05) is 0 Å². The number of rotatable bonds is 6. The lowest BCUT2D eigenvalue weighted by molar-refractivity contribution is 0.134. The highest BCUT2D eigenvalue weighted by molar-refractivity contribution is 5.74. The fourth-order valence-electron chi connectivity index (χ4n) is 2.82. The second-order valence-corrected chi connectivity index (χ2v) is 5.89. The van der Waals surface area contributed by atoms with Crippen LogP contribution in [-0.2, 0) is 0 Å². The van der Waals surface area contributed by atoms with Crippen LogP contribution in [0.2, 0.25) is 0 Å². The number of aromatic nitrogens is 1. The third-order valence-electron chi connectivity index (χ3n) is 4.26. The maximum absolute atomic E-state index is 11.9. The largest absolute Gasteiger partial charge is 0.474 e. The van der Waals surface area contributed by atoms with E-state index in [9.17, 15) is 4.79 Å². The van der Waals surface area contributed by atoms with Gasteiger partial charge in [-0.15, -0.1) is 0 Å². The summed E-state index contributed by atoms with van der Waals surface area (Å²) < 4.78 is 5.87. The van der Waals surface area contributed by atoms with Crippen LogP contribution in [0.4, 0.5) is 4.79 Å². The molecule has 1 aromatic heterocycles. The van der Waals surface area contributed by atoms with E-state index in [-0.39, 0.29) is 24.2 Å². The van der Waals surface area contributed by atoms with Crippen LogP contribution < -0.4 is 15.4 Å². The Balaban J connectivity index is 1.69. The zero-order valence-corrected chi connectivity index (χ0v) is 13.5. The van der Waals surface area contributed by atoms with Gasteiger partial charge in [-0.2, -0.15) is 0 Å². The monoisotopic (exact) mass is 305 g/mol. The molecule has 1 aromatic rings. The molecule has 1 heterocycles. The molecular weight excluding hydrogens is 278 g/mol. The van der Waals surface area contributed by atoms with E-state index in [2.05, 4.69) is 29.5 Å². The summed E-state index contributed by atoms with van der Waals surface area (Å²) >= 11 is 0. The van der Waals surface area contributed by atoms with Gasteiger partial charge in [0.25, 0.3) is 0 Å². The van der Waals surface area contributed by atoms with E-state index in [4.69, 9.17) is 4.74 Å². The molecule has 22 heavy (non-hydrogen) atoms. The van der Waals surface area contributed by atoms with E-state index in [1.54, 1.807) is 6.20 Å². The number of urea groups is 1. The molecule has 0 unspecified atom stereocenters. The van der Waals surface area contributed by atoms with Gasteiger partial charge in [-0.25, -0.2) is 9.78 Å². The van der Waals surface area contributed by atoms with Crippen molar-refractivity contribution in [1.82, 2.24) is 15.6 Å². The predicted octanol–water partition coefficient (Wildman–Crippen LogP) is 3.26. The fraction of sp³-hybridized carbons (Fsp3) is 0.647. The Morgan fingerprint density at radius 1 is 1.27 bits per heavy atom. The summed E-state index contributed by atoms with van der Waals surface area (Å²) in [5.41, 5.74) is 0. The summed E-state index contributed by atoms with van der Waals surface area (Å²) in [6, 6.07) is 6.17. The SMILES string of the molecule is CCC(CC)NC(=O)NC1CCC(Oc2ccccn2)CC1. The van der Waals surface area contributed by atoms with Crippen LogP contribution in [0.5, 0.6) is 5.88 Å². The van der Waals surface area contributed by atoms with Crippen molar-refractivity contribution in [3.8, 4) is 5.88 Å². The molecule has 2 amide bonds. The van der Waals surface area contributed by atoms with Crippen LogP contribution >= 0.6 is 0 Å². The molecule has 1 aliphatic carbocycles. The minimum atomic E-state index is -0.0391. The molecular formula is C17H27N3O2. The highest BCUT2D eigenvalue weighted by Crippen LogP contribution is 2.22. The Hall–Kier alpha value is -1.78. The Morgan fingerprint density at radius 2 is 2.00 bits per heavy atom. The van der Waals surface area contributed by atoms with E-state index in [0.717, 1.165) is 38.5 Å². The molecule has 2 N–H and O–H groups in total. The van der Waals surface area contributed by atoms with Gasteiger partial charge in [-0.1, -0.05) is 19.9 Å². The van der Waals surface area contributed by atoms with Gasteiger partial charge in [-0.05, 0) is 44.6 Å². The third kappa shape index (κ3) is 5.20. The van der Waals surface area contributed by atoms with Crippen molar-refractivity contribution in [3.05, 3.63) is 24.4 Å². The lowest BCUT2D eigenvalue weighted by Gasteiger charge is -2.29. The summed E-state index contributed by atoms with van der Waals surface area (Å²) in [5, 5.41) is 6.10. The summed E-state index contributed by atoms with van der Waals surface area (Å²) in [6.07, 6.45) is 7.68. The molecule has 1 aliphatic rings. The first-order valence-corrected chi connectivity index (χ1v) is 8.36. The molecule has 0 spiro atoms. The smallest absolute Gasteiger partial charge is 0.315 e. The molecule has 122 valence electrons. The fourth-order valence-corrected chi connectivity index (χ4v) is 2.82. The molecule has 1 fully saturated rings. The van der Waals surface area contributed by atoms with Crippen molar-refractivity contribution in [1.29, 1.82) is 0 Å². The van der Waals surface area contributed by atoms with E-state index in [0.29, 0.717) is 5.88 Å². The van der Waals surface area contributed by atoms with Gasteiger partial charge in [0.05, 0.1) is 0 Å². The standard InChI is InChI=1S/C17H27N3O2/c1-3-13(4-2)19-17(21)20-14-8-10-15(11-9-14)22-16-7-5-6-12-18-16/h5-7,12-15H,3-4,8-11H2,1-2H3,(H2,19,20,21). The molecule has 1 saturated carbocycles. The molecule has 0 saturated heterocycles. The zero-order chi connectivity index (χ0) is 15.8. The number of nitrogens with zero attached hydrogens (tertiary/aromatic N) is 1. The van der Waals surface area contributed by atoms with E-state index < -0.39 is 0 Å². The molecule has 0 aromatic carbocycles. The van der Waals surface area contributed by atoms with Gasteiger partial charge in [0, 0.05) is 24.3 Å². The van der Waals surface area contributed by atoms with Crippen LogP contribution in [0.25, 0.3) is 0 Å². The maximum Gasteiger partial charge on any atom is 0.315 e. The number of hydrogen-bond acceptors (Lipinski definition) is 3. The summed E-state index contributed by atoms with van der Waals surface area (Å²) in [7, 11) is 0. The van der Waals surface area contributed by atoms with Crippen molar-refractivity contribution in [3.63, 3.8) is 0 Å². The van der Waals surface area contributed by atoms with E-state index in [1.165, 1.54) is 0 Å². The van der Waals surface area contributed by atoms with Crippen LogP contribution in [0.15, 0.2) is 24.4 Å². The van der Waals surface area contributed by atoms with Crippen LogP contribution in [0, 0.1) is 0 Å². The highest BCUT2D eigenvalue weighted by Gasteiger charge is 2.24. The topological polar surface area (TPSA) is 63.2 Å². The van der Waals surface area contributed by atoms with Gasteiger partial charge in [0.1, 0.15) is 6.10 Å². The number of amides is 2. The molecule has 5 heteroatoms. The average molecular weight is 305 g/mol. The van der Waals surface area contributed by atoms with Gasteiger partial charge in [0.2, 0.25) is 5.88 Å². The maximum atomic E-state index is 11.9. The lowest BCUT2D eigenvalue weighted by atomic mass is 9.93. The molecule has 0 aliphatic heterocycles. The summed E-state index contributed by atoms with van der Waals surface area (Å²) in [6.45, 7) is 4.18. The minimum absolute atomic E-state index is 0.0391. The molecule has 0 radical (unpaired) electrons. The Bertz CT molecular complexity index is 440. The Morgan fingerprint density at radius 3 is 2.59 bits per heavy atom. The number of pyridine rings is 1. The first kappa shape index (κ1) is 16.6. The number of nitrogens with one attached hydrogen (secondary N) is 2. The van der Waals surface area contributed by atoms with Crippen LogP contribution in [-0.4, -0.2) is 29.2 Å². The average Bonchev–Trinajstić information content (AvgIpc) is 2.55. The van der Waals surface area contributed by atoms with Crippen molar-refractivity contribution in [2.45, 2.75) is 70.6 Å². The van der Waals surface area contributed by atoms with Crippen molar-refractivity contribution < 1.29 is 9.53 Å². The zero-order valence-electron chi connectivity index (χ0n) is 13.5. The van der Waals surface area contributed by atoms with Crippen LogP contribution in [0.3, 0.4) is 0 Å². The minimum Gasteiger partial charge on any atom is -0.474 e. The van der Waals surface area contributed by atoms with E-state index >= 15 is 0 Å². The van der Waals surface area contributed by atoms with Crippen molar-refractivity contribution in [2.24, 2.45) is 0 Å². The van der Waals surface area contributed by atoms with Gasteiger partial charge >= 0.3 is 6.03 Å². The number of ether oxygens (including phenoxy) is 1. The molecule has 2 rings (SSSR count). The van der Waals surface area contributed by atoms with E-state index in [1.807, 2.05) is 18.2 Å². The number of carbonyl (C=O) groups is 1. The second-order valence-electron chi connectivity index (χ2n) is 5.89. The Kier molecular flexibility index (Phi) is 6.49. The summed E-state index contributed by atoms with van der Waals surface area (Å²) in [4.78, 5) is 16.1. The first-order chi connectivity index (χ1) is 10.7. The Labute approximate surface area is 132 Å². The predicted molar refractivity (Wildman–Crippen MR) is 86.9 cm³/mol. The lowest BCUT2D eigenvalue weighted by Crippen LogP contribution is -2.47. The number of hydrogen-bond donors (Lipinski definition) is 2. The van der Waals surface area contributed by atoms with Gasteiger partial charge in [-0.3, -0.25) is 0 Å². The molecule has 5 nitrogen and oxygen atoms in total. The van der Waals surface area contributed by atoms with Gasteiger partial charge in [0.15, 0.2) is 0 Å². The quantitative estimate of drug-likeness (QED) is 0.848. The van der Waals surface area contributed by atoms with Crippen LogP contribution in [0.1, 0.15) is 52.4 Å². The van der Waals surface area contributed by atoms with Crippen molar-refractivity contribution >= 4 is 6.03 Å². The highest BCUT2D eigenvalue weighted by atomic mass is 16.5. The first-order valence-electron chi connectivity index (χ1n) is 8.36. The van der Waals surface area contributed by atoms with Gasteiger partial charge < -0.3 is 15.4 Å². The summed E-state index contributed by atoms with van der Waals surface area (Å²) in [5.74, 6) is 0.686. The molecule has 0 bridgehead atoms. The number of carbonyl (C=O) groups excluding carboxylic acids is 1. The normalized spacial score (nSPS) is 21.4.